The molecule has 0 aliphatic carbocycles. The Morgan fingerprint density at radius 1 is 1.41 bits per heavy atom. The fraction of sp³-hybridized carbons (Fsp3) is 0.417. The van der Waals surface area contributed by atoms with Gasteiger partial charge in [-0.25, -0.2) is 0 Å². The minimum absolute atomic E-state index is 0.0170. The van der Waals surface area contributed by atoms with Crippen LogP contribution in [0.2, 0.25) is 0 Å². The van der Waals surface area contributed by atoms with Crippen LogP contribution in [0.25, 0.3) is 0 Å². The lowest BCUT2D eigenvalue weighted by Crippen LogP contribution is -2.54. The Kier molecular flexibility index (Phi) is 3.19. The van der Waals surface area contributed by atoms with E-state index in [1.807, 2.05) is 0 Å². The Hall–Kier alpha value is -1.75. The van der Waals surface area contributed by atoms with Gasteiger partial charge in [-0.2, -0.15) is 0 Å². The van der Waals surface area contributed by atoms with Crippen LogP contribution in [0.3, 0.4) is 0 Å². The van der Waals surface area contributed by atoms with E-state index in [1.54, 1.807) is 30.2 Å². The van der Waals surface area contributed by atoms with Gasteiger partial charge in [0.1, 0.15) is 5.75 Å². The number of amides is 1. The average Bonchev–Trinajstić information content (AvgIpc) is 2.28. The number of likely N-dealkylation sites (tertiary alicyclic amines) is 1. The summed E-state index contributed by atoms with van der Waals surface area (Å²) in [5.74, 6) is 0.510. The second kappa shape index (κ2) is 4.63. The van der Waals surface area contributed by atoms with Crippen LogP contribution in [0.1, 0.15) is 10.4 Å². The number of ether oxygens (including phenoxy) is 2. The molecule has 0 atom stereocenters. The molecule has 1 aromatic rings. The number of hydrogen-bond donors (Lipinski definition) is 1. The highest BCUT2D eigenvalue weighted by atomic mass is 16.5. The van der Waals surface area contributed by atoms with Crippen LogP contribution in [0, 0.1) is 0 Å². The van der Waals surface area contributed by atoms with E-state index in [9.17, 15) is 4.79 Å². The van der Waals surface area contributed by atoms with E-state index in [0.29, 0.717) is 30.1 Å². The van der Waals surface area contributed by atoms with Crippen LogP contribution < -0.4 is 10.5 Å². The number of carbonyl (C=O) groups is 1. The summed E-state index contributed by atoms with van der Waals surface area (Å²) < 4.78 is 10.2. The second-order valence-electron chi connectivity index (χ2n) is 4.02. The molecule has 1 aliphatic heterocycles. The molecule has 1 fully saturated rings. The molecule has 0 unspecified atom stereocenters. The van der Waals surface area contributed by atoms with Gasteiger partial charge in [0.15, 0.2) is 0 Å². The number of methoxy groups -OCH3 is 2. The first kappa shape index (κ1) is 11.7. The average molecular weight is 236 g/mol. The van der Waals surface area contributed by atoms with E-state index in [2.05, 4.69) is 0 Å². The highest BCUT2D eigenvalue weighted by Gasteiger charge is 2.31. The summed E-state index contributed by atoms with van der Waals surface area (Å²) in [7, 11) is 3.18. The molecule has 1 amide bonds. The Bertz CT molecular complexity index is 428. The summed E-state index contributed by atoms with van der Waals surface area (Å²) in [4.78, 5) is 13.8. The van der Waals surface area contributed by atoms with Crippen molar-refractivity contribution in [1.29, 1.82) is 0 Å². The Labute approximate surface area is 100 Å². The van der Waals surface area contributed by atoms with Crippen molar-refractivity contribution < 1.29 is 14.3 Å². The third kappa shape index (κ3) is 2.19. The van der Waals surface area contributed by atoms with Crippen molar-refractivity contribution in [1.82, 2.24) is 4.90 Å². The molecule has 1 aliphatic rings. The molecule has 0 bridgehead atoms. The number of nitrogens with zero attached hydrogens (tertiary/aromatic N) is 1. The smallest absolute Gasteiger partial charge is 0.254 e. The summed E-state index contributed by atoms with van der Waals surface area (Å²) in [5.41, 5.74) is 6.81. The second-order valence-corrected chi connectivity index (χ2v) is 4.02. The maximum absolute atomic E-state index is 12.0. The summed E-state index contributed by atoms with van der Waals surface area (Å²) >= 11 is 0. The Balaban J connectivity index is 2.10. The fourth-order valence-electron chi connectivity index (χ4n) is 1.78. The summed E-state index contributed by atoms with van der Waals surface area (Å²) in [6.45, 7) is 1.28. The predicted octanol–water partition coefficient (Wildman–Crippen LogP) is 0.748. The van der Waals surface area contributed by atoms with Gasteiger partial charge in [-0.05, 0) is 18.2 Å². The van der Waals surface area contributed by atoms with Crippen LogP contribution in [0.5, 0.6) is 5.75 Å². The van der Waals surface area contributed by atoms with Crippen LogP contribution in [-0.2, 0) is 4.74 Å². The maximum Gasteiger partial charge on any atom is 0.254 e. The summed E-state index contributed by atoms with van der Waals surface area (Å²) in [6, 6.07) is 5.05. The molecular weight excluding hydrogens is 220 g/mol. The number of rotatable bonds is 3. The largest absolute Gasteiger partial charge is 0.495 e. The molecule has 2 N–H and O–H groups in total. The minimum atomic E-state index is -0.0170. The topological polar surface area (TPSA) is 64.8 Å². The lowest BCUT2D eigenvalue weighted by atomic mass is 10.1. The molecule has 17 heavy (non-hydrogen) atoms. The van der Waals surface area contributed by atoms with Gasteiger partial charge in [0.2, 0.25) is 0 Å². The van der Waals surface area contributed by atoms with Gasteiger partial charge in [0.25, 0.3) is 5.91 Å². The molecule has 1 aromatic carbocycles. The molecule has 0 saturated carbocycles. The number of benzene rings is 1. The SMILES string of the molecule is COc1cc(C(=O)N2CC(OC)C2)ccc1N. The van der Waals surface area contributed by atoms with Gasteiger partial charge in [-0.1, -0.05) is 0 Å². The first-order valence-corrected chi connectivity index (χ1v) is 5.41. The van der Waals surface area contributed by atoms with Gasteiger partial charge < -0.3 is 20.1 Å². The molecule has 0 aromatic heterocycles. The monoisotopic (exact) mass is 236 g/mol. The molecule has 2 rings (SSSR count). The van der Waals surface area contributed by atoms with Crippen LogP contribution in [0.4, 0.5) is 5.69 Å². The first-order chi connectivity index (χ1) is 8.15. The van der Waals surface area contributed by atoms with Crippen LogP contribution in [-0.4, -0.2) is 44.2 Å². The van der Waals surface area contributed by atoms with Crippen molar-refractivity contribution in [2.75, 3.05) is 33.0 Å². The Morgan fingerprint density at radius 2 is 2.12 bits per heavy atom. The van der Waals surface area contributed by atoms with Gasteiger partial charge in [0.05, 0.1) is 18.9 Å². The van der Waals surface area contributed by atoms with Crippen molar-refractivity contribution in [3.63, 3.8) is 0 Å². The standard InChI is InChI=1S/C12H16N2O3/c1-16-9-6-14(7-9)12(15)8-3-4-10(13)11(5-8)17-2/h3-5,9H,6-7,13H2,1-2H3. The van der Waals surface area contributed by atoms with Gasteiger partial charge >= 0.3 is 0 Å². The molecule has 92 valence electrons. The molecule has 1 heterocycles. The number of hydrogen-bond acceptors (Lipinski definition) is 4. The lowest BCUT2D eigenvalue weighted by Gasteiger charge is -2.38. The van der Waals surface area contributed by atoms with E-state index in [4.69, 9.17) is 15.2 Å². The molecule has 0 spiro atoms. The van der Waals surface area contributed by atoms with Crippen molar-refractivity contribution in [2.24, 2.45) is 0 Å². The van der Waals surface area contributed by atoms with Gasteiger partial charge in [-0.15, -0.1) is 0 Å². The fourth-order valence-corrected chi connectivity index (χ4v) is 1.78. The lowest BCUT2D eigenvalue weighted by molar-refractivity contribution is -0.0192. The van der Waals surface area contributed by atoms with E-state index in [0.717, 1.165) is 0 Å². The van der Waals surface area contributed by atoms with Crippen molar-refractivity contribution in [2.45, 2.75) is 6.10 Å². The van der Waals surface area contributed by atoms with Crippen molar-refractivity contribution in [3.05, 3.63) is 23.8 Å². The zero-order valence-electron chi connectivity index (χ0n) is 9.97. The van der Waals surface area contributed by atoms with E-state index >= 15 is 0 Å². The van der Waals surface area contributed by atoms with Crippen LogP contribution in [0.15, 0.2) is 18.2 Å². The summed E-state index contributed by atoms with van der Waals surface area (Å²) in [6.07, 6.45) is 0.162. The predicted molar refractivity (Wildman–Crippen MR) is 64.1 cm³/mol. The zero-order chi connectivity index (χ0) is 12.4. The van der Waals surface area contributed by atoms with Gasteiger partial charge in [-0.3, -0.25) is 4.79 Å². The maximum atomic E-state index is 12.0. The third-order valence-corrected chi connectivity index (χ3v) is 2.95. The Morgan fingerprint density at radius 3 is 2.71 bits per heavy atom. The van der Waals surface area contributed by atoms with Crippen molar-refractivity contribution >= 4 is 11.6 Å². The third-order valence-electron chi connectivity index (χ3n) is 2.95. The summed E-state index contributed by atoms with van der Waals surface area (Å²) in [5, 5.41) is 0. The zero-order valence-corrected chi connectivity index (χ0v) is 9.97. The number of anilines is 1. The molecular formula is C12H16N2O3. The van der Waals surface area contributed by atoms with Gasteiger partial charge in [0, 0.05) is 25.8 Å². The number of nitrogens with two attached hydrogens (primary N) is 1. The number of carbonyl (C=O) groups excluding carboxylic acids is 1. The van der Waals surface area contributed by atoms with Crippen LogP contribution >= 0.6 is 0 Å². The quantitative estimate of drug-likeness (QED) is 0.786. The normalized spacial score (nSPS) is 15.5. The minimum Gasteiger partial charge on any atom is -0.495 e. The molecule has 0 radical (unpaired) electrons. The van der Waals surface area contributed by atoms with Crippen molar-refractivity contribution in [3.8, 4) is 5.75 Å². The highest BCUT2D eigenvalue weighted by Crippen LogP contribution is 2.24. The molecule has 1 saturated heterocycles. The van der Waals surface area contributed by atoms with E-state index < -0.39 is 0 Å². The number of nitrogen functional groups attached to an aromatic ring is 1. The van der Waals surface area contributed by atoms with E-state index in [-0.39, 0.29) is 12.0 Å². The first-order valence-electron chi connectivity index (χ1n) is 5.41. The molecule has 5 heteroatoms. The van der Waals surface area contributed by atoms with E-state index in [1.165, 1.54) is 7.11 Å². The molecule has 5 nitrogen and oxygen atoms in total. The highest BCUT2D eigenvalue weighted by molar-refractivity contribution is 5.95.